The lowest BCUT2D eigenvalue weighted by Crippen LogP contribution is -2.47. The molecule has 2 heterocycles. The summed E-state index contributed by atoms with van der Waals surface area (Å²) in [6.45, 7) is 2.53. The first-order chi connectivity index (χ1) is 12.1. The number of anilines is 1. The summed E-state index contributed by atoms with van der Waals surface area (Å²) in [5.41, 5.74) is 1.51. The third-order valence-electron chi connectivity index (χ3n) is 4.94. The van der Waals surface area contributed by atoms with E-state index < -0.39 is 0 Å². The van der Waals surface area contributed by atoms with Crippen molar-refractivity contribution in [3.63, 3.8) is 0 Å². The Balaban J connectivity index is 1.46. The molecule has 2 amide bonds. The second-order valence-corrected chi connectivity index (χ2v) is 6.86. The topological polar surface area (TPSA) is 83.4 Å². The lowest BCUT2D eigenvalue weighted by molar-refractivity contribution is -0.114. The normalized spacial score (nSPS) is 24.3. The fourth-order valence-corrected chi connectivity index (χ4v) is 3.82. The fourth-order valence-electron chi connectivity index (χ4n) is 3.82. The highest BCUT2D eigenvalue weighted by Gasteiger charge is 2.40. The van der Waals surface area contributed by atoms with Gasteiger partial charge in [-0.2, -0.15) is 0 Å². The van der Waals surface area contributed by atoms with Crippen molar-refractivity contribution < 1.29 is 14.0 Å². The van der Waals surface area contributed by atoms with Gasteiger partial charge in [-0.1, -0.05) is 12.1 Å². The standard InChI is InChI=1S/C19H21N3O3/c1-11(23)21-14-4-2-3-13(9-14)17-5-6-18(25-17)19(24)22-16-8-12-7-15(16)20-10-12/h2-6,9,12,15-16,20H,7-8,10H2,1H3,(H,21,23)(H,22,24). The van der Waals surface area contributed by atoms with E-state index in [2.05, 4.69) is 16.0 Å². The molecule has 1 saturated heterocycles. The number of carbonyl (C=O) groups is 2. The van der Waals surface area contributed by atoms with Gasteiger partial charge in [0.15, 0.2) is 5.76 Å². The van der Waals surface area contributed by atoms with E-state index in [9.17, 15) is 9.59 Å². The zero-order chi connectivity index (χ0) is 17.4. The molecular weight excluding hydrogens is 318 g/mol. The summed E-state index contributed by atoms with van der Waals surface area (Å²) < 4.78 is 5.74. The molecule has 6 nitrogen and oxygen atoms in total. The Morgan fingerprint density at radius 2 is 2.08 bits per heavy atom. The first-order valence-corrected chi connectivity index (χ1v) is 8.60. The number of hydrogen-bond donors (Lipinski definition) is 3. The number of carbonyl (C=O) groups excluding carboxylic acids is 2. The quantitative estimate of drug-likeness (QED) is 0.799. The van der Waals surface area contributed by atoms with Gasteiger partial charge in [0, 0.05) is 30.3 Å². The number of furan rings is 1. The molecule has 2 aliphatic rings. The lowest BCUT2D eigenvalue weighted by Gasteiger charge is -2.23. The van der Waals surface area contributed by atoms with Crippen LogP contribution in [0, 0.1) is 5.92 Å². The molecule has 0 radical (unpaired) electrons. The van der Waals surface area contributed by atoms with Gasteiger partial charge < -0.3 is 20.4 Å². The third kappa shape index (κ3) is 3.30. The van der Waals surface area contributed by atoms with E-state index in [0.29, 0.717) is 29.2 Å². The molecule has 2 bridgehead atoms. The Morgan fingerprint density at radius 1 is 1.20 bits per heavy atom. The number of nitrogens with one attached hydrogen (secondary N) is 3. The number of rotatable bonds is 4. The Hall–Kier alpha value is -2.60. The second kappa shape index (κ2) is 6.37. The third-order valence-corrected chi connectivity index (χ3v) is 4.94. The summed E-state index contributed by atoms with van der Waals surface area (Å²) in [5, 5.41) is 9.25. The van der Waals surface area contributed by atoms with Crippen molar-refractivity contribution in [2.45, 2.75) is 31.8 Å². The maximum absolute atomic E-state index is 12.4. The zero-order valence-electron chi connectivity index (χ0n) is 14.0. The summed E-state index contributed by atoms with van der Waals surface area (Å²) in [6, 6.07) is 11.4. The molecule has 3 unspecified atom stereocenters. The number of fused-ring (bicyclic) bond motifs is 2. The van der Waals surface area contributed by atoms with Crippen molar-refractivity contribution in [3.8, 4) is 11.3 Å². The van der Waals surface area contributed by atoms with Crippen molar-refractivity contribution in [3.05, 3.63) is 42.2 Å². The lowest BCUT2D eigenvalue weighted by atomic mass is 10.1. The van der Waals surface area contributed by atoms with Crippen molar-refractivity contribution in [2.24, 2.45) is 5.92 Å². The summed E-state index contributed by atoms with van der Waals surface area (Å²) in [7, 11) is 0. The molecule has 130 valence electrons. The predicted molar refractivity (Wildman–Crippen MR) is 94.2 cm³/mol. The van der Waals surface area contributed by atoms with Crippen LogP contribution in [0.2, 0.25) is 0 Å². The average molecular weight is 339 g/mol. The van der Waals surface area contributed by atoms with E-state index in [-0.39, 0.29) is 17.9 Å². The van der Waals surface area contributed by atoms with Crippen LogP contribution in [0.4, 0.5) is 5.69 Å². The number of benzene rings is 1. The molecular formula is C19H21N3O3. The summed E-state index contributed by atoms with van der Waals surface area (Å²) in [5.74, 6) is 1.28. The molecule has 1 aliphatic carbocycles. The molecule has 3 atom stereocenters. The smallest absolute Gasteiger partial charge is 0.287 e. The largest absolute Gasteiger partial charge is 0.451 e. The van der Waals surface area contributed by atoms with Gasteiger partial charge in [-0.05, 0) is 49.6 Å². The highest BCUT2D eigenvalue weighted by atomic mass is 16.3. The van der Waals surface area contributed by atoms with Crippen LogP contribution >= 0.6 is 0 Å². The highest BCUT2D eigenvalue weighted by molar-refractivity contribution is 5.92. The van der Waals surface area contributed by atoms with Crippen molar-refractivity contribution >= 4 is 17.5 Å². The summed E-state index contributed by atoms with van der Waals surface area (Å²) >= 11 is 0. The van der Waals surface area contributed by atoms with Crippen LogP contribution in [-0.4, -0.2) is 30.4 Å². The number of amides is 2. The van der Waals surface area contributed by atoms with Gasteiger partial charge >= 0.3 is 0 Å². The molecule has 6 heteroatoms. The molecule has 1 aromatic heterocycles. The molecule has 1 aromatic carbocycles. The molecule has 2 fully saturated rings. The average Bonchev–Trinajstić information content (AvgIpc) is 3.31. The molecule has 4 rings (SSSR count). The minimum atomic E-state index is -0.177. The first kappa shape index (κ1) is 15.9. The van der Waals surface area contributed by atoms with Gasteiger partial charge in [-0.15, -0.1) is 0 Å². The Morgan fingerprint density at radius 3 is 2.80 bits per heavy atom. The molecule has 0 spiro atoms. The van der Waals surface area contributed by atoms with E-state index in [1.165, 1.54) is 6.92 Å². The van der Waals surface area contributed by atoms with E-state index >= 15 is 0 Å². The maximum atomic E-state index is 12.4. The Kier molecular flexibility index (Phi) is 4.05. The van der Waals surface area contributed by atoms with E-state index in [1.807, 2.05) is 24.3 Å². The van der Waals surface area contributed by atoms with Crippen molar-refractivity contribution in [2.75, 3.05) is 11.9 Å². The van der Waals surface area contributed by atoms with Crippen molar-refractivity contribution in [1.82, 2.24) is 10.6 Å². The van der Waals surface area contributed by atoms with Crippen LogP contribution in [0.3, 0.4) is 0 Å². The monoisotopic (exact) mass is 339 g/mol. The Bertz CT molecular complexity index is 814. The highest BCUT2D eigenvalue weighted by Crippen LogP contribution is 2.31. The van der Waals surface area contributed by atoms with Crippen LogP contribution in [0.5, 0.6) is 0 Å². The molecule has 25 heavy (non-hydrogen) atoms. The van der Waals surface area contributed by atoms with Crippen LogP contribution in [0.15, 0.2) is 40.8 Å². The van der Waals surface area contributed by atoms with Crippen LogP contribution < -0.4 is 16.0 Å². The number of piperidine rings is 1. The SMILES string of the molecule is CC(=O)Nc1cccc(-c2ccc(C(=O)NC3CC4CNC3C4)o2)c1. The van der Waals surface area contributed by atoms with E-state index in [1.54, 1.807) is 12.1 Å². The molecule has 1 aliphatic heterocycles. The van der Waals surface area contributed by atoms with Gasteiger partial charge in [0.1, 0.15) is 5.76 Å². The van der Waals surface area contributed by atoms with E-state index in [0.717, 1.165) is 24.9 Å². The Labute approximate surface area is 146 Å². The van der Waals surface area contributed by atoms with E-state index in [4.69, 9.17) is 4.42 Å². The predicted octanol–water partition coefficient (Wildman–Crippen LogP) is 2.39. The van der Waals surface area contributed by atoms with Gasteiger partial charge in [0.2, 0.25) is 5.91 Å². The summed E-state index contributed by atoms with van der Waals surface area (Å²) in [4.78, 5) is 23.6. The van der Waals surface area contributed by atoms with Crippen molar-refractivity contribution in [1.29, 1.82) is 0 Å². The molecule has 1 saturated carbocycles. The number of hydrogen-bond acceptors (Lipinski definition) is 4. The minimum Gasteiger partial charge on any atom is -0.451 e. The van der Waals surface area contributed by atoms with Crippen LogP contribution in [0.25, 0.3) is 11.3 Å². The maximum Gasteiger partial charge on any atom is 0.287 e. The first-order valence-electron chi connectivity index (χ1n) is 8.60. The van der Waals surface area contributed by atoms with Gasteiger partial charge in [-0.25, -0.2) is 0 Å². The van der Waals surface area contributed by atoms with Crippen LogP contribution in [0.1, 0.15) is 30.3 Å². The van der Waals surface area contributed by atoms with Gasteiger partial charge in [-0.3, -0.25) is 9.59 Å². The minimum absolute atomic E-state index is 0.129. The van der Waals surface area contributed by atoms with Gasteiger partial charge in [0.25, 0.3) is 5.91 Å². The molecule has 3 N–H and O–H groups in total. The molecule has 2 aromatic rings. The second-order valence-electron chi connectivity index (χ2n) is 6.86. The summed E-state index contributed by atoms with van der Waals surface area (Å²) in [6.07, 6.45) is 2.18. The van der Waals surface area contributed by atoms with Gasteiger partial charge in [0.05, 0.1) is 0 Å². The fraction of sp³-hybridized carbons (Fsp3) is 0.368. The zero-order valence-corrected chi connectivity index (χ0v) is 14.0. The van der Waals surface area contributed by atoms with Crippen LogP contribution in [-0.2, 0) is 4.79 Å².